The van der Waals surface area contributed by atoms with Gasteiger partial charge in [0.25, 0.3) is 11.8 Å². The third-order valence-electron chi connectivity index (χ3n) is 3.39. The van der Waals surface area contributed by atoms with Gasteiger partial charge in [-0.3, -0.25) is 25.1 Å². The maximum absolute atomic E-state index is 12.0. The van der Waals surface area contributed by atoms with Crippen LogP contribution in [0.5, 0.6) is 5.75 Å². The average molecular weight is 341 g/mol. The minimum atomic E-state index is -0.818. The van der Waals surface area contributed by atoms with Gasteiger partial charge in [-0.1, -0.05) is 0 Å². The van der Waals surface area contributed by atoms with Crippen LogP contribution in [-0.2, 0) is 16.1 Å². The quantitative estimate of drug-likeness (QED) is 0.788. The van der Waals surface area contributed by atoms with E-state index >= 15 is 0 Å². The smallest absolute Gasteiger partial charge is 0.279 e. The van der Waals surface area contributed by atoms with Crippen LogP contribution in [0.25, 0.3) is 0 Å². The highest BCUT2D eigenvalue weighted by atomic mass is 16.5. The summed E-state index contributed by atoms with van der Waals surface area (Å²) in [7, 11) is 0. The van der Waals surface area contributed by atoms with Crippen LogP contribution in [-0.4, -0.2) is 27.7 Å². The number of carbonyl (C=O) groups is 2. The number of nitrogens with zero attached hydrogens (tertiary/aromatic N) is 3. The second-order valence-corrected chi connectivity index (χ2v) is 5.52. The molecule has 0 bridgehead atoms. The first-order valence-corrected chi connectivity index (χ1v) is 7.65. The molecule has 2 aromatic rings. The molecule has 130 valence electrons. The molecule has 25 heavy (non-hydrogen) atoms. The predicted molar refractivity (Wildman–Crippen MR) is 89.2 cm³/mol. The Morgan fingerprint density at radius 3 is 2.52 bits per heavy atom. The summed E-state index contributed by atoms with van der Waals surface area (Å²) in [6.45, 7) is 5.25. The van der Waals surface area contributed by atoms with Gasteiger partial charge in [0.05, 0.1) is 17.3 Å². The Kier molecular flexibility index (Phi) is 5.74. The lowest BCUT2D eigenvalue weighted by molar-refractivity contribution is -0.133. The molecule has 8 heteroatoms. The number of amides is 2. The topological polar surface area (TPSA) is 109 Å². The Morgan fingerprint density at radius 1 is 1.28 bits per heavy atom. The summed E-state index contributed by atoms with van der Waals surface area (Å²) in [5.74, 6) is -0.438. The van der Waals surface area contributed by atoms with Crippen molar-refractivity contribution in [3.05, 3.63) is 47.3 Å². The second kappa shape index (κ2) is 7.97. The van der Waals surface area contributed by atoms with Crippen LogP contribution in [0.3, 0.4) is 0 Å². The summed E-state index contributed by atoms with van der Waals surface area (Å²) in [5, 5.41) is 12.9. The summed E-state index contributed by atoms with van der Waals surface area (Å²) < 4.78 is 7.01. The molecule has 8 nitrogen and oxygen atoms in total. The normalized spacial score (nSPS) is 11.3. The number of rotatable bonds is 5. The Hall–Kier alpha value is -3.34. The first kappa shape index (κ1) is 18.0. The molecule has 0 saturated carbocycles. The average Bonchev–Trinajstić information content (AvgIpc) is 2.90. The molecule has 2 N–H and O–H groups in total. The van der Waals surface area contributed by atoms with Crippen molar-refractivity contribution in [2.75, 3.05) is 0 Å². The highest BCUT2D eigenvalue weighted by molar-refractivity contribution is 5.84. The van der Waals surface area contributed by atoms with Gasteiger partial charge >= 0.3 is 0 Å². The van der Waals surface area contributed by atoms with Crippen molar-refractivity contribution in [3.63, 3.8) is 0 Å². The summed E-state index contributed by atoms with van der Waals surface area (Å²) in [4.78, 5) is 23.8. The lowest BCUT2D eigenvalue weighted by Gasteiger charge is -2.15. The zero-order valence-corrected chi connectivity index (χ0v) is 14.2. The predicted octanol–water partition coefficient (Wildman–Crippen LogP) is 0.987. The molecule has 0 saturated heterocycles. The van der Waals surface area contributed by atoms with E-state index in [0.717, 1.165) is 11.4 Å². The van der Waals surface area contributed by atoms with E-state index in [0.29, 0.717) is 11.3 Å². The molecule has 0 fully saturated rings. The summed E-state index contributed by atoms with van der Waals surface area (Å²) >= 11 is 0. The number of hydrazine groups is 1. The van der Waals surface area contributed by atoms with E-state index in [-0.39, 0.29) is 6.54 Å². The van der Waals surface area contributed by atoms with Crippen LogP contribution in [0.1, 0.15) is 23.9 Å². The maximum Gasteiger partial charge on any atom is 0.279 e. The monoisotopic (exact) mass is 341 g/mol. The van der Waals surface area contributed by atoms with Crippen molar-refractivity contribution in [1.29, 1.82) is 5.26 Å². The standard InChI is InChI=1S/C17H19N5O3/c1-11-8-12(2)22(21-11)10-16(23)19-20-17(24)13(3)25-15-6-4-14(9-18)5-7-15/h4-8,13H,10H2,1-3H3,(H,19,23)(H,20,24)/t13-/m0/s1. The van der Waals surface area contributed by atoms with E-state index in [9.17, 15) is 9.59 Å². The van der Waals surface area contributed by atoms with Crippen molar-refractivity contribution in [2.45, 2.75) is 33.4 Å². The number of nitriles is 1. The molecular formula is C17H19N5O3. The third kappa shape index (κ3) is 5.07. The first-order valence-electron chi connectivity index (χ1n) is 7.65. The van der Waals surface area contributed by atoms with E-state index in [4.69, 9.17) is 10.00 Å². The van der Waals surface area contributed by atoms with Crippen molar-refractivity contribution in [2.24, 2.45) is 0 Å². The molecule has 1 aromatic carbocycles. The van der Waals surface area contributed by atoms with E-state index in [1.54, 1.807) is 35.9 Å². The molecule has 1 aromatic heterocycles. The molecule has 2 rings (SSSR count). The fourth-order valence-electron chi connectivity index (χ4n) is 2.11. The highest BCUT2D eigenvalue weighted by Gasteiger charge is 2.16. The van der Waals surface area contributed by atoms with Gasteiger partial charge in [-0.15, -0.1) is 0 Å². The number of hydrogen-bond acceptors (Lipinski definition) is 5. The Morgan fingerprint density at radius 2 is 1.96 bits per heavy atom. The van der Waals surface area contributed by atoms with Crippen molar-refractivity contribution in [1.82, 2.24) is 20.6 Å². The number of hydrogen-bond donors (Lipinski definition) is 2. The molecule has 0 spiro atoms. The molecule has 0 unspecified atom stereocenters. The molecule has 2 amide bonds. The zero-order valence-electron chi connectivity index (χ0n) is 14.2. The van der Waals surface area contributed by atoms with Crippen LogP contribution >= 0.6 is 0 Å². The maximum atomic E-state index is 12.0. The third-order valence-corrected chi connectivity index (χ3v) is 3.39. The minimum absolute atomic E-state index is 0.00478. The van der Waals surface area contributed by atoms with E-state index in [2.05, 4.69) is 16.0 Å². The van der Waals surface area contributed by atoms with Gasteiger partial charge in [0.1, 0.15) is 12.3 Å². The number of nitrogens with one attached hydrogen (secondary N) is 2. The zero-order chi connectivity index (χ0) is 18.4. The molecule has 1 heterocycles. The Balaban J connectivity index is 1.81. The number of ether oxygens (including phenoxy) is 1. The lowest BCUT2D eigenvalue weighted by atomic mass is 10.2. The van der Waals surface area contributed by atoms with Gasteiger partial charge in [-0.05, 0) is 51.1 Å². The van der Waals surface area contributed by atoms with E-state index < -0.39 is 17.9 Å². The van der Waals surface area contributed by atoms with Gasteiger partial charge < -0.3 is 4.74 Å². The fourth-order valence-corrected chi connectivity index (χ4v) is 2.11. The molecular weight excluding hydrogens is 322 g/mol. The van der Waals surface area contributed by atoms with Crippen LogP contribution in [0, 0.1) is 25.2 Å². The van der Waals surface area contributed by atoms with Gasteiger partial charge in [-0.2, -0.15) is 10.4 Å². The molecule has 0 aliphatic heterocycles. The van der Waals surface area contributed by atoms with E-state index in [1.165, 1.54) is 0 Å². The molecule has 0 aliphatic carbocycles. The summed E-state index contributed by atoms with van der Waals surface area (Å²) in [5.41, 5.74) is 6.82. The Bertz CT molecular complexity index is 805. The first-order chi connectivity index (χ1) is 11.9. The molecule has 1 atom stereocenters. The van der Waals surface area contributed by atoms with Crippen LogP contribution in [0.15, 0.2) is 30.3 Å². The number of aromatic nitrogens is 2. The number of carbonyl (C=O) groups excluding carboxylic acids is 2. The van der Waals surface area contributed by atoms with E-state index in [1.807, 2.05) is 26.0 Å². The van der Waals surface area contributed by atoms with Crippen molar-refractivity contribution in [3.8, 4) is 11.8 Å². The van der Waals surface area contributed by atoms with Gasteiger partial charge in [0.15, 0.2) is 6.10 Å². The van der Waals surface area contributed by atoms with Gasteiger partial charge in [0.2, 0.25) is 0 Å². The number of benzene rings is 1. The summed E-state index contributed by atoms with van der Waals surface area (Å²) in [6.07, 6.45) is -0.818. The van der Waals surface area contributed by atoms with Crippen molar-refractivity contribution < 1.29 is 14.3 Å². The van der Waals surface area contributed by atoms with Crippen LogP contribution < -0.4 is 15.6 Å². The SMILES string of the molecule is Cc1cc(C)n(CC(=O)NNC(=O)[C@H](C)Oc2ccc(C#N)cc2)n1. The highest BCUT2D eigenvalue weighted by Crippen LogP contribution is 2.13. The van der Waals surface area contributed by atoms with Gasteiger partial charge in [0, 0.05) is 5.69 Å². The number of aryl methyl sites for hydroxylation is 2. The fraction of sp³-hybridized carbons (Fsp3) is 0.294. The lowest BCUT2D eigenvalue weighted by Crippen LogP contribution is -2.48. The second-order valence-electron chi connectivity index (χ2n) is 5.52. The van der Waals surface area contributed by atoms with Crippen molar-refractivity contribution >= 4 is 11.8 Å². The van der Waals surface area contributed by atoms with Crippen LogP contribution in [0.4, 0.5) is 0 Å². The van der Waals surface area contributed by atoms with Crippen LogP contribution in [0.2, 0.25) is 0 Å². The Labute approximate surface area is 145 Å². The molecule has 0 radical (unpaired) electrons. The van der Waals surface area contributed by atoms with Gasteiger partial charge in [-0.25, -0.2) is 0 Å². The molecule has 0 aliphatic rings. The largest absolute Gasteiger partial charge is 0.481 e. The minimum Gasteiger partial charge on any atom is -0.481 e. The summed E-state index contributed by atoms with van der Waals surface area (Å²) in [6, 6.07) is 10.2.